The molecule has 0 aliphatic carbocycles. The predicted molar refractivity (Wildman–Crippen MR) is 78.4 cm³/mol. The smallest absolute Gasteiger partial charge is 0.279 e. The number of aryl methyl sites for hydroxylation is 1. The van der Waals surface area contributed by atoms with Gasteiger partial charge in [0.05, 0.1) is 20.7 Å². The maximum Gasteiger partial charge on any atom is 0.279 e. The van der Waals surface area contributed by atoms with Gasteiger partial charge in [0.2, 0.25) is 0 Å². The van der Waals surface area contributed by atoms with Crippen molar-refractivity contribution in [2.75, 3.05) is 0 Å². The Kier molecular flexibility index (Phi) is 2.83. The summed E-state index contributed by atoms with van der Waals surface area (Å²) in [5.74, 6) is 0. The molecule has 0 bridgehead atoms. The van der Waals surface area contributed by atoms with Crippen LogP contribution in [0.2, 0.25) is 0 Å². The molecule has 7 heteroatoms. The van der Waals surface area contributed by atoms with Crippen LogP contribution in [-0.4, -0.2) is 14.4 Å². The Morgan fingerprint density at radius 2 is 1.81 bits per heavy atom. The van der Waals surface area contributed by atoms with Gasteiger partial charge in [-0.25, -0.2) is 0 Å². The second-order valence-corrected chi connectivity index (χ2v) is 4.63. The molecule has 0 atom stereocenters. The summed E-state index contributed by atoms with van der Waals surface area (Å²) in [4.78, 5) is 21.2. The number of nitro benzene ring substituents is 2. The first-order chi connectivity index (χ1) is 10.0. The summed E-state index contributed by atoms with van der Waals surface area (Å²) in [5.41, 5.74) is 1.36. The molecule has 0 aliphatic heterocycles. The molecule has 0 aliphatic rings. The maximum atomic E-state index is 11.2. The van der Waals surface area contributed by atoms with E-state index in [9.17, 15) is 20.2 Å². The van der Waals surface area contributed by atoms with Gasteiger partial charge >= 0.3 is 0 Å². The van der Waals surface area contributed by atoms with E-state index in [1.54, 1.807) is 18.2 Å². The zero-order valence-electron chi connectivity index (χ0n) is 11.1. The number of hydrogen-bond donors (Lipinski definition) is 0. The van der Waals surface area contributed by atoms with Crippen molar-refractivity contribution in [3.05, 3.63) is 56.6 Å². The number of benzene rings is 2. The molecule has 0 saturated carbocycles. The standard InChI is InChI=1S/C14H11N3O4/c1-2-15-11-7-6-9(16(18)19)8-10(11)14-12(15)4-3-5-13(14)17(20)21/h3-8H,2H2,1H3. The lowest BCUT2D eigenvalue weighted by Crippen LogP contribution is -1.93. The van der Waals surface area contributed by atoms with Crippen LogP contribution in [-0.2, 0) is 6.54 Å². The molecule has 0 unspecified atom stereocenters. The summed E-state index contributed by atoms with van der Waals surface area (Å²) >= 11 is 0. The van der Waals surface area contributed by atoms with Crippen LogP contribution in [0.4, 0.5) is 11.4 Å². The van der Waals surface area contributed by atoms with Crippen LogP contribution in [0.25, 0.3) is 21.8 Å². The van der Waals surface area contributed by atoms with Crippen molar-refractivity contribution in [3.63, 3.8) is 0 Å². The summed E-state index contributed by atoms with van der Waals surface area (Å²) < 4.78 is 1.92. The normalized spacial score (nSPS) is 11.1. The molecule has 1 heterocycles. The van der Waals surface area contributed by atoms with E-state index in [4.69, 9.17) is 0 Å². The molecule has 0 amide bonds. The van der Waals surface area contributed by atoms with E-state index in [0.29, 0.717) is 22.8 Å². The second kappa shape index (κ2) is 4.55. The molecule has 0 N–H and O–H groups in total. The first-order valence-electron chi connectivity index (χ1n) is 6.38. The van der Waals surface area contributed by atoms with E-state index >= 15 is 0 Å². The summed E-state index contributed by atoms with van der Waals surface area (Å²) in [7, 11) is 0. The third kappa shape index (κ3) is 1.82. The molecule has 21 heavy (non-hydrogen) atoms. The van der Waals surface area contributed by atoms with Gasteiger partial charge in [-0.3, -0.25) is 20.2 Å². The Hall–Kier alpha value is -2.96. The van der Waals surface area contributed by atoms with Gasteiger partial charge in [-0.15, -0.1) is 0 Å². The molecule has 3 aromatic rings. The van der Waals surface area contributed by atoms with Gasteiger partial charge in [-0.1, -0.05) is 6.07 Å². The molecule has 0 saturated heterocycles. The maximum absolute atomic E-state index is 11.2. The average Bonchev–Trinajstić information content (AvgIpc) is 2.79. The molecular formula is C14H11N3O4. The molecular weight excluding hydrogens is 274 g/mol. The third-order valence-corrected chi connectivity index (χ3v) is 3.58. The van der Waals surface area contributed by atoms with Crippen LogP contribution < -0.4 is 0 Å². The summed E-state index contributed by atoms with van der Waals surface area (Å²) in [6.07, 6.45) is 0. The summed E-state index contributed by atoms with van der Waals surface area (Å²) in [6.45, 7) is 2.55. The summed E-state index contributed by atoms with van der Waals surface area (Å²) in [6, 6.07) is 9.29. The van der Waals surface area contributed by atoms with Gasteiger partial charge in [0.1, 0.15) is 0 Å². The Labute approximate surface area is 118 Å². The Morgan fingerprint density at radius 3 is 2.43 bits per heavy atom. The first-order valence-corrected chi connectivity index (χ1v) is 6.38. The lowest BCUT2D eigenvalue weighted by molar-refractivity contribution is -0.384. The molecule has 0 spiro atoms. The van der Waals surface area contributed by atoms with Crippen LogP contribution in [0.1, 0.15) is 6.92 Å². The molecule has 1 aromatic heterocycles. The zero-order chi connectivity index (χ0) is 15.1. The van der Waals surface area contributed by atoms with Crippen molar-refractivity contribution in [2.24, 2.45) is 0 Å². The number of rotatable bonds is 3. The Bertz CT molecular complexity index is 898. The Morgan fingerprint density at radius 1 is 1.05 bits per heavy atom. The number of nitrogens with zero attached hydrogens (tertiary/aromatic N) is 3. The molecule has 2 aromatic carbocycles. The fraction of sp³-hybridized carbons (Fsp3) is 0.143. The van der Waals surface area contributed by atoms with E-state index in [0.717, 1.165) is 5.52 Å². The lowest BCUT2D eigenvalue weighted by atomic mass is 10.1. The topological polar surface area (TPSA) is 91.2 Å². The zero-order valence-corrected chi connectivity index (χ0v) is 11.1. The van der Waals surface area contributed by atoms with Crippen LogP contribution in [0.15, 0.2) is 36.4 Å². The van der Waals surface area contributed by atoms with Gasteiger partial charge < -0.3 is 4.57 Å². The number of fused-ring (bicyclic) bond motifs is 3. The molecule has 0 fully saturated rings. The predicted octanol–water partition coefficient (Wildman–Crippen LogP) is 3.63. The van der Waals surface area contributed by atoms with Crippen LogP contribution >= 0.6 is 0 Å². The fourth-order valence-electron chi connectivity index (χ4n) is 2.72. The van der Waals surface area contributed by atoms with Gasteiger partial charge in [0.15, 0.2) is 0 Å². The highest BCUT2D eigenvalue weighted by molar-refractivity contribution is 6.13. The van der Waals surface area contributed by atoms with Crippen molar-refractivity contribution in [1.82, 2.24) is 4.57 Å². The minimum atomic E-state index is -0.497. The number of nitro groups is 2. The van der Waals surface area contributed by atoms with Crippen molar-refractivity contribution in [3.8, 4) is 0 Å². The quantitative estimate of drug-likeness (QED) is 0.542. The van der Waals surface area contributed by atoms with Gasteiger partial charge in [0, 0.05) is 35.6 Å². The second-order valence-electron chi connectivity index (χ2n) is 4.63. The number of hydrogen-bond acceptors (Lipinski definition) is 4. The van der Waals surface area contributed by atoms with E-state index in [1.807, 2.05) is 11.5 Å². The van der Waals surface area contributed by atoms with Crippen LogP contribution in [0.3, 0.4) is 0 Å². The van der Waals surface area contributed by atoms with E-state index < -0.39 is 9.85 Å². The fourth-order valence-corrected chi connectivity index (χ4v) is 2.72. The van der Waals surface area contributed by atoms with E-state index in [1.165, 1.54) is 18.2 Å². The van der Waals surface area contributed by atoms with Gasteiger partial charge in [-0.05, 0) is 19.1 Å². The highest BCUT2D eigenvalue weighted by Gasteiger charge is 2.21. The Balaban J connectivity index is 2.55. The summed E-state index contributed by atoms with van der Waals surface area (Å²) in [5, 5.41) is 23.2. The van der Waals surface area contributed by atoms with Gasteiger partial charge in [-0.2, -0.15) is 0 Å². The van der Waals surface area contributed by atoms with Gasteiger partial charge in [0.25, 0.3) is 11.4 Å². The highest BCUT2D eigenvalue weighted by Crippen LogP contribution is 2.36. The van der Waals surface area contributed by atoms with Crippen molar-refractivity contribution in [2.45, 2.75) is 13.5 Å². The largest absolute Gasteiger partial charge is 0.341 e. The van der Waals surface area contributed by atoms with E-state index in [-0.39, 0.29) is 11.4 Å². The monoisotopic (exact) mass is 285 g/mol. The van der Waals surface area contributed by atoms with Crippen molar-refractivity contribution in [1.29, 1.82) is 0 Å². The van der Waals surface area contributed by atoms with Crippen molar-refractivity contribution >= 4 is 33.2 Å². The first kappa shape index (κ1) is 13.0. The van der Waals surface area contributed by atoms with Crippen LogP contribution in [0.5, 0.6) is 0 Å². The van der Waals surface area contributed by atoms with Crippen molar-refractivity contribution < 1.29 is 9.85 Å². The molecule has 106 valence electrons. The van der Waals surface area contributed by atoms with Crippen LogP contribution in [0, 0.1) is 20.2 Å². The number of non-ortho nitro benzene ring substituents is 2. The van der Waals surface area contributed by atoms with E-state index in [2.05, 4.69) is 0 Å². The molecule has 3 rings (SSSR count). The lowest BCUT2D eigenvalue weighted by Gasteiger charge is -2.02. The minimum absolute atomic E-state index is 0.0369. The minimum Gasteiger partial charge on any atom is -0.341 e. The molecule has 7 nitrogen and oxygen atoms in total. The third-order valence-electron chi connectivity index (χ3n) is 3.58. The number of aromatic nitrogens is 1. The SMILES string of the molecule is CCn1c2ccc([N+](=O)[O-])cc2c2c([N+](=O)[O-])cccc21. The highest BCUT2D eigenvalue weighted by atomic mass is 16.6. The molecule has 0 radical (unpaired) electrons. The average molecular weight is 285 g/mol.